The molecule has 2 aromatic rings. The maximum absolute atomic E-state index is 6.09. The summed E-state index contributed by atoms with van der Waals surface area (Å²) in [5, 5.41) is 0. The van der Waals surface area contributed by atoms with Gasteiger partial charge in [0.25, 0.3) is 0 Å². The number of nitrogens with one attached hydrogen (secondary N) is 1. The number of ether oxygens (including phenoxy) is 1. The molecule has 6 heteroatoms. The van der Waals surface area contributed by atoms with Crippen molar-refractivity contribution in [3.8, 4) is 0 Å². The van der Waals surface area contributed by atoms with Gasteiger partial charge in [-0.05, 0) is 24.4 Å². The Morgan fingerprint density at radius 2 is 2.12 bits per heavy atom. The molecule has 3 N–H and O–H groups in total. The zero-order chi connectivity index (χ0) is 11.8. The van der Waals surface area contributed by atoms with E-state index < -0.39 is 0 Å². The highest BCUT2D eigenvalue weighted by atomic mass is 32.1. The molecular weight excluding hydrogens is 254 g/mol. The summed E-state index contributed by atoms with van der Waals surface area (Å²) in [6.07, 6.45) is 0. The van der Waals surface area contributed by atoms with Crippen molar-refractivity contribution in [2.75, 3.05) is 36.9 Å². The van der Waals surface area contributed by atoms with Crippen LogP contribution in [0.5, 0.6) is 0 Å². The first kappa shape index (κ1) is 11.0. The van der Waals surface area contributed by atoms with Crippen LogP contribution in [0.1, 0.15) is 0 Å². The van der Waals surface area contributed by atoms with Crippen molar-refractivity contribution < 1.29 is 4.74 Å². The second-order valence-electron chi connectivity index (χ2n) is 4.02. The monoisotopic (exact) mass is 267 g/mol. The molecule has 0 radical (unpaired) electrons. The van der Waals surface area contributed by atoms with Crippen LogP contribution in [0.4, 0.5) is 11.4 Å². The minimum absolute atomic E-state index is 0.764. The average molecular weight is 267 g/mol. The van der Waals surface area contributed by atoms with Crippen LogP contribution in [-0.4, -0.2) is 31.3 Å². The summed E-state index contributed by atoms with van der Waals surface area (Å²) < 4.78 is 7.30. The molecule has 0 spiro atoms. The van der Waals surface area contributed by atoms with Crippen LogP contribution in [0.3, 0.4) is 0 Å². The van der Waals surface area contributed by atoms with Gasteiger partial charge in [-0.25, -0.2) is 0 Å². The number of benzene rings is 1. The number of hydrogen-bond donors (Lipinski definition) is 2. The third-order valence-corrected chi connectivity index (χ3v) is 4.12. The highest BCUT2D eigenvalue weighted by Gasteiger charge is 2.15. The topological polar surface area (TPSA) is 54.3 Å². The first-order valence-corrected chi connectivity index (χ1v) is 6.71. The molecule has 1 fully saturated rings. The number of aromatic amines is 1. The number of aromatic nitrogens is 1. The fraction of sp³-hybridized carbons (Fsp3) is 0.364. The first-order valence-electron chi connectivity index (χ1n) is 5.49. The molecule has 1 aliphatic rings. The van der Waals surface area contributed by atoms with E-state index in [-0.39, 0.29) is 0 Å². The molecule has 3 rings (SSSR count). The van der Waals surface area contributed by atoms with Crippen molar-refractivity contribution in [1.29, 1.82) is 0 Å². The summed E-state index contributed by atoms with van der Waals surface area (Å²) in [7, 11) is 0. The molecule has 1 saturated heterocycles. The molecule has 90 valence electrons. The van der Waals surface area contributed by atoms with E-state index in [1.165, 1.54) is 0 Å². The van der Waals surface area contributed by atoms with Crippen LogP contribution >= 0.6 is 23.6 Å². The molecule has 0 bridgehead atoms. The van der Waals surface area contributed by atoms with Gasteiger partial charge < -0.3 is 20.4 Å². The van der Waals surface area contributed by atoms with Gasteiger partial charge in [-0.1, -0.05) is 0 Å². The van der Waals surface area contributed by atoms with Crippen LogP contribution < -0.4 is 10.6 Å². The molecule has 4 nitrogen and oxygen atoms in total. The highest BCUT2D eigenvalue weighted by Crippen LogP contribution is 2.31. The lowest BCUT2D eigenvalue weighted by molar-refractivity contribution is 0.123. The van der Waals surface area contributed by atoms with Crippen molar-refractivity contribution in [2.24, 2.45) is 0 Å². The molecule has 1 aliphatic heterocycles. The Morgan fingerprint density at radius 3 is 2.88 bits per heavy atom. The quantitative estimate of drug-likeness (QED) is 0.615. The lowest BCUT2D eigenvalue weighted by Gasteiger charge is -2.29. The van der Waals surface area contributed by atoms with Crippen LogP contribution in [0, 0.1) is 3.95 Å². The Morgan fingerprint density at radius 1 is 1.35 bits per heavy atom. The Labute approximate surface area is 108 Å². The van der Waals surface area contributed by atoms with E-state index in [0.717, 1.165) is 51.8 Å². The number of anilines is 2. The van der Waals surface area contributed by atoms with Crippen molar-refractivity contribution in [1.82, 2.24) is 4.98 Å². The normalized spacial score (nSPS) is 16.6. The van der Waals surface area contributed by atoms with Crippen LogP contribution in [0.25, 0.3) is 10.2 Å². The van der Waals surface area contributed by atoms with Crippen LogP contribution in [0.15, 0.2) is 12.1 Å². The average Bonchev–Trinajstić information content (AvgIpc) is 2.68. The van der Waals surface area contributed by atoms with Crippen LogP contribution in [0.2, 0.25) is 0 Å². The van der Waals surface area contributed by atoms with Crippen molar-refractivity contribution in [3.63, 3.8) is 0 Å². The minimum atomic E-state index is 0.764. The summed E-state index contributed by atoms with van der Waals surface area (Å²) in [5.41, 5.74) is 9.00. The van der Waals surface area contributed by atoms with E-state index in [1.807, 2.05) is 6.07 Å². The van der Waals surface area contributed by atoms with E-state index in [0.29, 0.717) is 0 Å². The second-order valence-corrected chi connectivity index (χ2v) is 5.74. The summed E-state index contributed by atoms with van der Waals surface area (Å²) in [5.74, 6) is 0. The number of H-pyrrole nitrogens is 1. The number of fused-ring (bicyclic) bond motifs is 1. The zero-order valence-electron chi connectivity index (χ0n) is 9.23. The summed E-state index contributed by atoms with van der Waals surface area (Å²) in [6, 6.07) is 4.08. The smallest absolute Gasteiger partial charge is 0.159 e. The number of nitrogens with two attached hydrogens (primary N) is 1. The number of rotatable bonds is 1. The molecule has 0 aliphatic carbocycles. The number of hydrogen-bond acceptors (Lipinski definition) is 5. The van der Waals surface area contributed by atoms with Gasteiger partial charge in [0.15, 0.2) is 3.95 Å². The highest BCUT2D eigenvalue weighted by molar-refractivity contribution is 7.73. The fourth-order valence-corrected chi connectivity index (χ4v) is 3.21. The molecular formula is C11H13N3OS2. The summed E-state index contributed by atoms with van der Waals surface area (Å²) >= 11 is 6.73. The van der Waals surface area contributed by atoms with Gasteiger partial charge in [0, 0.05) is 13.1 Å². The Bertz CT molecular complexity index is 598. The largest absolute Gasteiger partial charge is 0.397 e. The van der Waals surface area contributed by atoms with Gasteiger partial charge in [-0.3, -0.25) is 0 Å². The zero-order valence-corrected chi connectivity index (χ0v) is 10.9. The number of nitrogen functional groups attached to an aromatic ring is 1. The van der Waals surface area contributed by atoms with E-state index in [4.69, 9.17) is 22.7 Å². The van der Waals surface area contributed by atoms with Crippen LogP contribution in [-0.2, 0) is 4.74 Å². The molecule has 17 heavy (non-hydrogen) atoms. The Kier molecular flexibility index (Phi) is 2.78. The van der Waals surface area contributed by atoms with E-state index in [9.17, 15) is 0 Å². The predicted octanol–water partition coefficient (Wildman–Crippen LogP) is 2.38. The molecule has 0 unspecified atom stereocenters. The maximum Gasteiger partial charge on any atom is 0.159 e. The molecule has 0 amide bonds. The first-order chi connectivity index (χ1) is 8.24. The van der Waals surface area contributed by atoms with Crippen molar-refractivity contribution >= 4 is 45.1 Å². The fourth-order valence-electron chi connectivity index (χ4n) is 2.08. The number of morpholine rings is 1. The SMILES string of the molecule is Nc1cc2[nH]c(=S)sc2cc1N1CCOCC1. The maximum atomic E-state index is 6.09. The Balaban J connectivity index is 2.08. The Hall–Kier alpha value is -1.11. The van der Waals surface area contributed by atoms with Gasteiger partial charge >= 0.3 is 0 Å². The van der Waals surface area contributed by atoms with Gasteiger partial charge in [-0.2, -0.15) is 0 Å². The lowest BCUT2D eigenvalue weighted by Crippen LogP contribution is -2.36. The minimum Gasteiger partial charge on any atom is -0.397 e. The molecule has 1 aromatic heterocycles. The van der Waals surface area contributed by atoms with Gasteiger partial charge in [0.05, 0.1) is 34.8 Å². The van der Waals surface area contributed by atoms with E-state index in [1.54, 1.807) is 11.3 Å². The molecule has 1 aromatic carbocycles. The summed E-state index contributed by atoms with van der Waals surface area (Å²) in [6.45, 7) is 3.32. The molecule has 2 heterocycles. The lowest BCUT2D eigenvalue weighted by atomic mass is 10.2. The third kappa shape index (κ3) is 2.03. The van der Waals surface area contributed by atoms with Gasteiger partial charge in [0.1, 0.15) is 0 Å². The number of nitrogens with zero attached hydrogens (tertiary/aromatic N) is 1. The molecule has 0 saturated carbocycles. The standard InChI is InChI=1S/C11H13N3OS2/c12-7-5-8-10(17-11(16)13-8)6-9(7)14-1-3-15-4-2-14/h5-6H,1-4,12H2,(H,13,16). The van der Waals surface area contributed by atoms with Crippen molar-refractivity contribution in [2.45, 2.75) is 0 Å². The van der Waals surface area contributed by atoms with Gasteiger partial charge in [-0.15, -0.1) is 11.3 Å². The van der Waals surface area contributed by atoms with Gasteiger partial charge in [0.2, 0.25) is 0 Å². The van der Waals surface area contributed by atoms with Crippen molar-refractivity contribution in [3.05, 3.63) is 16.1 Å². The summed E-state index contributed by atoms with van der Waals surface area (Å²) in [4.78, 5) is 5.40. The molecule has 0 atom stereocenters. The second kappa shape index (κ2) is 4.29. The van der Waals surface area contributed by atoms with E-state index >= 15 is 0 Å². The van der Waals surface area contributed by atoms with E-state index in [2.05, 4.69) is 16.0 Å². The third-order valence-electron chi connectivity index (χ3n) is 2.92. The number of thiazole rings is 1. The predicted molar refractivity (Wildman–Crippen MR) is 74.5 cm³/mol.